The van der Waals surface area contributed by atoms with Gasteiger partial charge in [0.05, 0.1) is 14.2 Å². The first-order valence-electron chi connectivity index (χ1n) is 8.00. The van der Waals surface area contributed by atoms with E-state index in [-0.39, 0.29) is 0 Å². The van der Waals surface area contributed by atoms with Gasteiger partial charge in [0.2, 0.25) is 0 Å². The van der Waals surface area contributed by atoms with Crippen molar-refractivity contribution in [3.05, 3.63) is 29.5 Å². The fourth-order valence-corrected chi connectivity index (χ4v) is 3.53. The van der Waals surface area contributed by atoms with Gasteiger partial charge in [0.1, 0.15) is 0 Å². The lowest BCUT2D eigenvalue weighted by atomic mass is 9.94. The quantitative estimate of drug-likeness (QED) is 0.842. The number of methoxy groups -OCH3 is 2. The SMILES string of the molecule is COc1cc2c(cc1OC)CCN(C1CCCCC1)C=C2. The van der Waals surface area contributed by atoms with Crippen LogP contribution >= 0.6 is 0 Å². The molecular formula is C18H25NO2. The van der Waals surface area contributed by atoms with E-state index in [1.54, 1.807) is 14.2 Å². The summed E-state index contributed by atoms with van der Waals surface area (Å²) in [4.78, 5) is 2.54. The molecule has 3 rings (SSSR count). The third kappa shape index (κ3) is 3.02. The second-order valence-electron chi connectivity index (χ2n) is 6.00. The highest BCUT2D eigenvalue weighted by Gasteiger charge is 2.21. The smallest absolute Gasteiger partial charge is 0.161 e. The average Bonchev–Trinajstić information content (AvgIpc) is 2.76. The Labute approximate surface area is 127 Å². The Kier molecular flexibility index (Phi) is 4.37. The topological polar surface area (TPSA) is 21.7 Å². The van der Waals surface area contributed by atoms with E-state index >= 15 is 0 Å². The van der Waals surface area contributed by atoms with Crippen LogP contribution in [0.4, 0.5) is 0 Å². The summed E-state index contributed by atoms with van der Waals surface area (Å²) in [5, 5.41) is 0. The van der Waals surface area contributed by atoms with E-state index in [0.29, 0.717) is 0 Å². The van der Waals surface area contributed by atoms with Crippen molar-refractivity contribution in [3.8, 4) is 11.5 Å². The van der Waals surface area contributed by atoms with Gasteiger partial charge in [0.25, 0.3) is 0 Å². The van der Waals surface area contributed by atoms with Gasteiger partial charge in [0, 0.05) is 12.6 Å². The summed E-state index contributed by atoms with van der Waals surface area (Å²) in [6.07, 6.45) is 12.4. The summed E-state index contributed by atoms with van der Waals surface area (Å²) in [6.45, 7) is 1.10. The maximum Gasteiger partial charge on any atom is 0.161 e. The molecule has 1 aromatic carbocycles. The van der Waals surface area contributed by atoms with Crippen LogP contribution in [0.25, 0.3) is 6.08 Å². The van der Waals surface area contributed by atoms with Crippen LogP contribution in [0.1, 0.15) is 43.2 Å². The van der Waals surface area contributed by atoms with Crippen LogP contribution in [0.5, 0.6) is 11.5 Å². The molecule has 0 amide bonds. The first-order chi connectivity index (χ1) is 10.3. The number of benzene rings is 1. The Balaban J connectivity index is 1.82. The van der Waals surface area contributed by atoms with Crippen molar-refractivity contribution in [3.63, 3.8) is 0 Å². The Hall–Kier alpha value is -1.64. The van der Waals surface area contributed by atoms with Crippen molar-refractivity contribution in [1.29, 1.82) is 0 Å². The van der Waals surface area contributed by atoms with Crippen LogP contribution in [0, 0.1) is 0 Å². The fraction of sp³-hybridized carbons (Fsp3) is 0.556. The Morgan fingerprint density at radius 2 is 1.71 bits per heavy atom. The van der Waals surface area contributed by atoms with Gasteiger partial charge < -0.3 is 14.4 Å². The fourth-order valence-electron chi connectivity index (χ4n) is 3.53. The second kappa shape index (κ2) is 6.42. The number of rotatable bonds is 3. The lowest BCUT2D eigenvalue weighted by Gasteiger charge is -2.33. The molecule has 3 nitrogen and oxygen atoms in total. The molecule has 2 aliphatic rings. The van der Waals surface area contributed by atoms with Gasteiger partial charge in [-0.05, 0) is 54.8 Å². The Morgan fingerprint density at radius 3 is 2.43 bits per heavy atom. The van der Waals surface area contributed by atoms with E-state index < -0.39 is 0 Å². The van der Waals surface area contributed by atoms with Crippen LogP contribution in [-0.2, 0) is 6.42 Å². The molecule has 3 heteroatoms. The van der Waals surface area contributed by atoms with Crippen LogP contribution in [0.3, 0.4) is 0 Å². The highest BCUT2D eigenvalue weighted by Crippen LogP contribution is 2.33. The molecule has 0 radical (unpaired) electrons. The lowest BCUT2D eigenvalue weighted by Crippen LogP contribution is -2.33. The summed E-state index contributed by atoms with van der Waals surface area (Å²) in [7, 11) is 3.39. The molecular weight excluding hydrogens is 262 g/mol. The predicted octanol–water partition coefficient (Wildman–Crippen LogP) is 3.87. The first-order valence-corrected chi connectivity index (χ1v) is 8.00. The third-order valence-corrected chi connectivity index (χ3v) is 4.77. The highest BCUT2D eigenvalue weighted by molar-refractivity contribution is 5.61. The largest absolute Gasteiger partial charge is 0.493 e. The van der Waals surface area contributed by atoms with E-state index in [4.69, 9.17) is 9.47 Å². The maximum atomic E-state index is 5.42. The molecule has 0 spiro atoms. The lowest BCUT2D eigenvalue weighted by molar-refractivity contribution is 0.221. The van der Waals surface area contributed by atoms with Crippen LogP contribution in [0.15, 0.2) is 18.3 Å². The first kappa shape index (κ1) is 14.3. The molecule has 1 fully saturated rings. The summed E-state index contributed by atoms with van der Waals surface area (Å²) in [6, 6.07) is 4.95. The van der Waals surface area contributed by atoms with Gasteiger partial charge in [0.15, 0.2) is 11.5 Å². The van der Waals surface area contributed by atoms with E-state index in [1.807, 2.05) is 0 Å². The van der Waals surface area contributed by atoms with Gasteiger partial charge in [-0.2, -0.15) is 0 Å². The Bertz CT molecular complexity index is 518. The third-order valence-electron chi connectivity index (χ3n) is 4.77. The van der Waals surface area contributed by atoms with Gasteiger partial charge in [-0.1, -0.05) is 19.3 Å². The molecule has 0 aromatic heterocycles. The zero-order valence-corrected chi connectivity index (χ0v) is 13.1. The minimum absolute atomic E-state index is 0.730. The minimum Gasteiger partial charge on any atom is -0.493 e. The van der Waals surface area contributed by atoms with Gasteiger partial charge in [-0.3, -0.25) is 0 Å². The molecule has 0 atom stereocenters. The zero-order chi connectivity index (χ0) is 14.7. The van der Waals surface area contributed by atoms with Gasteiger partial charge in [-0.15, -0.1) is 0 Å². The van der Waals surface area contributed by atoms with Crippen molar-refractivity contribution in [2.75, 3.05) is 20.8 Å². The maximum absolute atomic E-state index is 5.42. The van der Waals surface area contributed by atoms with Crippen molar-refractivity contribution >= 4 is 6.08 Å². The molecule has 114 valence electrons. The molecule has 1 heterocycles. The number of nitrogens with zero attached hydrogens (tertiary/aromatic N) is 1. The monoisotopic (exact) mass is 287 g/mol. The predicted molar refractivity (Wildman–Crippen MR) is 85.9 cm³/mol. The van der Waals surface area contributed by atoms with Crippen LogP contribution in [0.2, 0.25) is 0 Å². The van der Waals surface area contributed by atoms with Crippen molar-refractivity contribution in [2.24, 2.45) is 0 Å². The molecule has 0 unspecified atom stereocenters. The van der Waals surface area contributed by atoms with Crippen LogP contribution < -0.4 is 9.47 Å². The van der Waals surface area contributed by atoms with Crippen LogP contribution in [-0.4, -0.2) is 31.7 Å². The molecule has 0 saturated heterocycles. The second-order valence-corrected chi connectivity index (χ2v) is 6.00. The van der Waals surface area contributed by atoms with Gasteiger partial charge in [-0.25, -0.2) is 0 Å². The highest BCUT2D eigenvalue weighted by atomic mass is 16.5. The summed E-state index contributed by atoms with van der Waals surface area (Å²) < 4.78 is 10.8. The standard InChI is InChI=1S/C18H25NO2/c1-20-17-12-14-8-10-19(16-6-4-3-5-7-16)11-9-15(14)13-18(17)21-2/h8,10,12-13,16H,3-7,9,11H2,1-2H3. The van der Waals surface area contributed by atoms with E-state index in [0.717, 1.165) is 30.5 Å². The number of fused-ring (bicyclic) bond motifs is 1. The van der Waals surface area contributed by atoms with Crippen molar-refractivity contribution < 1.29 is 9.47 Å². The van der Waals surface area contributed by atoms with E-state index in [2.05, 4.69) is 29.3 Å². The summed E-state index contributed by atoms with van der Waals surface area (Å²) >= 11 is 0. The van der Waals surface area contributed by atoms with Gasteiger partial charge >= 0.3 is 0 Å². The molecule has 0 bridgehead atoms. The zero-order valence-electron chi connectivity index (χ0n) is 13.1. The molecule has 21 heavy (non-hydrogen) atoms. The van der Waals surface area contributed by atoms with Crippen molar-refractivity contribution in [2.45, 2.75) is 44.6 Å². The minimum atomic E-state index is 0.730. The number of ether oxygens (including phenoxy) is 2. The van der Waals surface area contributed by atoms with E-state index in [9.17, 15) is 0 Å². The average molecular weight is 287 g/mol. The number of hydrogen-bond donors (Lipinski definition) is 0. The molecule has 1 aliphatic heterocycles. The van der Waals surface area contributed by atoms with Crippen molar-refractivity contribution in [1.82, 2.24) is 4.90 Å². The Morgan fingerprint density at radius 1 is 1.00 bits per heavy atom. The van der Waals surface area contributed by atoms with E-state index in [1.165, 1.54) is 43.2 Å². The molecule has 0 N–H and O–H groups in total. The number of hydrogen-bond acceptors (Lipinski definition) is 3. The normalized spacial score (nSPS) is 19.0. The summed E-state index contributed by atoms with van der Waals surface area (Å²) in [5.41, 5.74) is 2.60. The molecule has 1 aliphatic carbocycles. The molecule has 1 aromatic rings. The summed E-state index contributed by atoms with van der Waals surface area (Å²) in [5.74, 6) is 1.64. The molecule has 1 saturated carbocycles.